The van der Waals surface area contributed by atoms with E-state index in [4.69, 9.17) is 5.73 Å². The van der Waals surface area contributed by atoms with Crippen molar-refractivity contribution in [3.63, 3.8) is 0 Å². The van der Waals surface area contributed by atoms with Crippen LogP contribution >= 0.6 is 44.3 Å². The lowest BCUT2D eigenvalue weighted by molar-refractivity contribution is -0.149. The Morgan fingerprint density at radius 1 is 1.19 bits per heavy atom. The van der Waals surface area contributed by atoms with Gasteiger partial charge in [0.25, 0.3) is 0 Å². The summed E-state index contributed by atoms with van der Waals surface area (Å²) in [5, 5.41) is 9.46. The zero-order valence-corrected chi connectivity index (χ0v) is 11.5. The van der Waals surface area contributed by atoms with Gasteiger partial charge < -0.3 is 10.8 Å². The third kappa shape index (κ3) is 3.26. The fourth-order valence-corrected chi connectivity index (χ4v) is 1.93. The molecule has 0 aliphatic rings. The molecule has 0 bridgehead atoms. The summed E-state index contributed by atoms with van der Waals surface area (Å²) in [5.41, 5.74) is 4.63. The van der Waals surface area contributed by atoms with Crippen molar-refractivity contribution in [3.8, 4) is 5.75 Å². The molecule has 0 amide bonds. The van der Waals surface area contributed by atoms with Gasteiger partial charge >= 0.3 is 6.18 Å². The first-order chi connectivity index (χ1) is 6.75. The molecule has 0 saturated carbocycles. The molecule has 3 N–H and O–H groups in total. The third-order valence-corrected chi connectivity index (χ3v) is 3.11. The van der Waals surface area contributed by atoms with Gasteiger partial charge in [-0.2, -0.15) is 13.2 Å². The zero-order chi connectivity index (χ0) is 11.8. The lowest BCUT2D eigenvalue weighted by atomic mass is 10.1. The Morgan fingerprint density at radius 3 is 2.06 bits per heavy atom. The van der Waals surface area contributed by atoms with E-state index in [-0.39, 0.29) is 26.9 Å². The van der Waals surface area contributed by atoms with Gasteiger partial charge in [0.15, 0.2) is 0 Å². The van der Waals surface area contributed by atoms with E-state index in [1.54, 1.807) is 0 Å². The van der Waals surface area contributed by atoms with Gasteiger partial charge in [0.2, 0.25) is 0 Å². The summed E-state index contributed by atoms with van der Waals surface area (Å²) in [6.45, 7) is 0. The average Bonchev–Trinajstić information content (AvgIpc) is 2.10. The van der Waals surface area contributed by atoms with E-state index in [2.05, 4.69) is 31.9 Å². The maximum Gasteiger partial charge on any atom is 0.407 e. The molecule has 0 spiro atoms. The van der Waals surface area contributed by atoms with Crippen LogP contribution in [-0.2, 0) is 0 Å². The molecule has 0 fully saturated rings. The summed E-state index contributed by atoms with van der Waals surface area (Å²) in [6, 6.07) is 0.584. The molecule has 1 rings (SSSR count). The predicted molar refractivity (Wildman–Crippen MR) is 63.7 cm³/mol. The van der Waals surface area contributed by atoms with E-state index >= 15 is 0 Å². The van der Waals surface area contributed by atoms with Crippen LogP contribution in [0.1, 0.15) is 11.6 Å². The minimum Gasteiger partial charge on any atom is -0.506 e. The molecule has 8 heteroatoms. The van der Waals surface area contributed by atoms with Crippen molar-refractivity contribution >= 4 is 44.3 Å². The molecular weight excluding hydrogens is 378 g/mol. The van der Waals surface area contributed by atoms with E-state index < -0.39 is 18.0 Å². The van der Waals surface area contributed by atoms with Crippen LogP contribution in [0.25, 0.3) is 0 Å². The standard InChI is InChI=1S/C8H6Br2F3NO.ClH/c9-3-1-2-4(10)6(15)5(3)7(14)8(11,12)13;/h1-2,7,15H,14H2;1H/t7-;/m1./s1. The van der Waals surface area contributed by atoms with Gasteiger partial charge in [0.05, 0.1) is 4.47 Å². The SMILES string of the molecule is Cl.N[C@H](c1c(Br)ccc(Br)c1O)C(F)(F)F. The highest BCUT2D eigenvalue weighted by Crippen LogP contribution is 2.42. The summed E-state index contributed by atoms with van der Waals surface area (Å²) in [5.74, 6) is -0.505. The zero-order valence-electron chi connectivity index (χ0n) is 7.55. The van der Waals surface area contributed by atoms with E-state index in [0.717, 1.165) is 0 Å². The quantitative estimate of drug-likeness (QED) is 0.770. The first-order valence-corrected chi connectivity index (χ1v) is 5.33. The van der Waals surface area contributed by atoms with Gasteiger partial charge in [-0.1, -0.05) is 15.9 Å². The molecule has 0 unspecified atom stereocenters. The van der Waals surface area contributed by atoms with Crippen molar-refractivity contribution in [2.24, 2.45) is 5.73 Å². The predicted octanol–water partition coefficient (Wildman–Crippen LogP) is 3.90. The Kier molecular flexibility index (Phi) is 5.58. The van der Waals surface area contributed by atoms with Gasteiger partial charge in [-0.05, 0) is 28.1 Å². The van der Waals surface area contributed by atoms with Crippen LogP contribution in [0.15, 0.2) is 21.1 Å². The van der Waals surface area contributed by atoms with Gasteiger partial charge in [-0.15, -0.1) is 12.4 Å². The Balaban J connectivity index is 0.00000225. The number of phenolic OH excluding ortho intramolecular Hbond substituents is 1. The smallest absolute Gasteiger partial charge is 0.407 e. The molecule has 92 valence electrons. The second-order valence-corrected chi connectivity index (χ2v) is 4.52. The lowest BCUT2D eigenvalue weighted by Crippen LogP contribution is -2.28. The largest absolute Gasteiger partial charge is 0.506 e. The monoisotopic (exact) mass is 383 g/mol. The van der Waals surface area contributed by atoms with Crippen LogP contribution in [0.4, 0.5) is 13.2 Å². The highest BCUT2D eigenvalue weighted by atomic mass is 79.9. The molecule has 1 aromatic rings. The molecule has 0 radical (unpaired) electrons. The number of hydrogen-bond donors (Lipinski definition) is 2. The van der Waals surface area contributed by atoms with Crippen LogP contribution < -0.4 is 5.73 Å². The van der Waals surface area contributed by atoms with Crippen molar-refractivity contribution in [1.29, 1.82) is 0 Å². The van der Waals surface area contributed by atoms with E-state index in [0.29, 0.717) is 0 Å². The molecule has 16 heavy (non-hydrogen) atoms. The van der Waals surface area contributed by atoms with Crippen LogP contribution in [0.2, 0.25) is 0 Å². The van der Waals surface area contributed by atoms with Crippen LogP contribution in [0, 0.1) is 0 Å². The maximum atomic E-state index is 12.4. The molecule has 0 aliphatic carbocycles. The fourth-order valence-electron chi connectivity index (χ4n) is 1.02. The Bertz CT molecular complexity index is 386. The number of rotatable bonds is 1. The van der Waals surface area contributed by atoms with Crippen molar-refractivity contribution in [2.45, 2.75) is 12.2 Å². The van der Waals surface area contributed by atoms with E-state index in [1.165, 1.54) is 12.1 Å². The highest BCUT2D eigenvalue weighted by molar-refractivity contribution is 9.11. The number of benzene rings is 1. The Hall–Kier alpha value is 0.0200. The lowest BCUT2D eigenvalue weighted by Gasteiger charge is -2.19. The van der Waals surface area contributed by atoms with Gasteiger partial charge in [-0.3, -0.25) is 0 Å². The van der Waals surface area contributed by atoms with Gasteiger partial charge in [0.1, 0.15) is 11.8 Å². The topological polar surface area (TPSA) is 46.2 Å². The van der Waals surface area contributed by atoms with Crippen LogP contribution in [0.3, 0.4) is 0 Å². The third-order valence-electron chi connectivity index (χ3n) is 1.78. The van der Waals surface area contributed by atoms with Crippen LogP contribution in [-0.4, -0.2) is 11.3 Å². The number of phenols is 1. The maximum absolute atomic E-state index is 12.4. The molecular formula is C8H7Br2ClF3NO. The van der Waals surface area contributed by atoms with Crippen LogP contribution in [0.5, 0.6) is 5.75 Å². The number of halogens is 6. The summed E-state index contributed by atoms with van der Waals surface area (Å²) in [6.07, 6.45) is -4.60. The molecule has 1 aromatic carbocycles. The average molecular weight is 385 g/mol. The summed E-state index contributed by atoms with van der Waals surface area (Å²) >= 11 is 5.84. The number of hydrogen-bond acceptors (Lipinski definition) is 2. The normalized spacial score (nSPS) is 13.1. The fraction of sp³-hybridized carbons (Fsp3) is 0.250. The summed E-state index contributed by atoms with van der Waals surface area (Å²) in [7, 11) is 0. The first-order valence-electron chi connectivity index (χ1n) is 3.74. The highest BCUT2D eigenvalue weighted by Gasteiger charge is 2.40. The van der Waals surface area contributed by atoms with E-state index in [9.17, 15) is 18.3 Å². The Morgan fingerprint density at radius 2 is 1.62 bits per heavy atom. The van der Waals surface area contributed by atoms with Gasteiger partial charge in [0, 0.05) is 10.0 Å². The second kappa shape index (κ2) is 5.57. The first kappa shape index (κ1) is 16.0. The second-order valence-electron chi connectivity index (χ2n) is 2.81. The Labute approximate surface area is 113 Å². The van der Waals surface area contributed by atoms with E-state index in [1.807, 2.05) is 0 Å². The molecule has 1 atom stereocenters. The summed E-state index contributed by atoms with van der Waals surface area (Å²) < 4.78 is 37.3. The minimum absolute atomic E-state index is 0. The number of alkyl halides is 3. The van der Waals surface area contributed by atoms with Crippen molar-refractivity contribution < 1.29 is 18.3 Å². The molecule has 0 saturated heterocycles. The number of aromatic hydroxyl groups is 1. The molecule has 2 nitrogen and oxygen atoms in total. The van der Waals surface area contributed by atoms with Crippen molar-refractivity contribution in [2.75, 3.05) is 0 Å². The van der Waals surface area contributed by atoms with Crippen molar-refractivity contribution in [3.05, 3.63) is 26.6 Å². The molecule has 0 heterocycles. The van der Waals surface area contributed by atoms with Gasteiger partial charge in [-0.25, -0.2) is 0 Å². The molecule has 0 aromatic heterocycles. The minimum atomic E-state index is -4.60. The number of nitrogens with two attached hydrogens (primary N) is 1. The van der Waals surface area contributed by atoms with Crippen molar-refractivity contribution in [1.82, 2.24) is 0 Å². The summed E-state index contributed by atoms with van der Waals surface area (Å²) in [4.78, 5) is 0. The molecule has 0 aliphatic heterocycles.